The summed E-state index contributed by atoms with van der Waals surface area (Å²) in [4.78, 5) is 25.6. The Kier molecular flexibility index (Phi) is 47.0. The van der Waals surface area contributed by atoms with Crippen LogP contribution in [0, 0.1) is 0 Å². The molecule has 0 bridgehead atoms. The predicted octanol–water partition coefficient (Wildman–Crippen LogP) is -6.75. The molecule has 0 saturated carbocycles. The van der Waals surface area contributed by atoms with Crippen LogP contribution in [0.3, 0.4) is 0 Å². The Hall–Kier alpha value is 1.55. The van der Waals surface area contributed by atoms with Gasteiger partial charge in [-0.05, 0) is 0 Å². The molecule has 11 heteroatoms. The van der Waals surface area contributed by atoms with Crippen molar-refractivity contribution in [1.82, 2.24) is 0 Å². The molecule has 0 aromatic heterocycles. The van der Waals surface area contributed by atoms with Gasteiger partial charge in [-0.15, -0.1) is 0 Å². The first-order valence-electron chi connectivity index (χ1n) is 1.48. The molecular formula is H9Fe3N3O4P. The van der Waals surface area contributed by atoms with Crippen LogP contribution in [0.2, 0.25) is 0 Å². The Morgan fingerprint density at radius 2 is 0.818 bits per heavy atom. The van der Waals surface area contributed by atoms with E-state index in [2.05, 4.69) is 62.9 Å². The third-order valence-electron chi connectivity index (χ3n) is 0. The number of quaternary nitrogens is 3. The van der Waals surface area contributed by atoms with E-state index in [4.69, 9.17) is 19.2 Å². The number of hydrogen-bond donors (Lipinski definition) is 3. The van der Waals surface area contributed by atoms with Crippen molar-refractivity contribution in [1.29, 1.82) is 0 Å². The van der Waals surface area contributed by atoms with Gasteiger partial charge in [0, 0.05) is 0 Å². The second-order valence-corrected chi connectivity index (χ2v) is 1.34. The maximum absolute atomic E-state index is 8.55. The topological polar surface area (TPSA) is 169 Å². The molecule has 11 heavy (non-hydrogen) atoms. The summed E-state index contributed by atoms with van der Waals surface area (Å²) < 4.78 is 17.5. The first kappa shape index (κ1) is 22.9. The molecule has 0 heterocycles. The van der Waals surface area contributed by atoms with Gasteiger partial charge in [0.25, 0.3) is 0 Å². The van der Waals surface area contributed by atoms with Crippen LogP contribution in [-0.2, 0) is 53.3 Å². The van der Waals surface area contributed by atoms with E-state index in [0.29, 0.717) is 0 Å². The fourth-order valence-corrected chi connectivity index (χ4v) is 0. The van der Waals surface area contributed by atoms with Crippen molar-refractivity contribution in [3.63, 3.8) is 0 Å². The van der Waals surface area contributed by atoms with Gasteiger partial charge in [0.15, 0.2) is 0 Å². The van der Waals surface area contributed by atoms with Crippen molar-refractivity contribution in [2.45, 2.75) is 0 Å². The summed E-state index contributed by atoms with van der Waals surface area (Å²) in [6.45, 7) is 0. The molecule has 0 aromatic rings. The summed E-state index contributed by atoms with van der Waals surface area (Å²) in [6.07, 6.45) is 0. The zero-order valence-electron chi connectivity index (χ0n) is 5.26. The first-order valence-corrected chi connectivity index (χ1v) is 5.28. The predicted molar refractivity (Wildman–Crippen MR) is 16.3 cm³/mol. The minimum atomic E-state index is -5.39. The Labute approximate surface area is 89.8 Å². The van der Waals surface area contributed by atoms with Gasteiger partial charge >= 0.3 is 62.9 Å². The molecule has 0 saturated heterocycles. The quantitative estimate of drug-likeness (QED) is 0.298. The van der Waals surface area contributed by atoms with Crippen LogP contribution in [0.25, 0.3) is 0 Å². The van der Waals surface area contributed by atoms with Crippen molar-refractivity contribution in [3.05, 3.63) is 0 Å². The second-order valence-electron chi connectivity index (χ2n) is 0.447. The molecule has 0 aliphatic rings. The summed E-state index contributed by atoms with van der Waals surface area (Å²) in [5.41, 5.74) is 0. The van der Waals surface area contributed by atoms with Crippen LogP contribution < -0.4 is 28.9 Å². The molecule has 0 amide bonds. The molecule has 0 spiro atoms. The summed E-state index contributed by atoms with van der Waals surface area (Å²) in [7, 11) is -5.39. The summed E-state index contributed by atoms with van der Waals surface area (Å²) in [6, 6.07) is 0. The normalized spacial score (nSPS) is 7.00. The first-order chi connectivity index (χ1) is 5.00. The van der Waals surface area contributed by atoms with Crippen LogP contribution in [-0.4, -0.2) is 0 Å². The standard InChI is InChI=1S/3Fe.3H3N.H3O4P/c;;;;;;1-5(2,3)4/h;;;3*1H3;(H3,1,2,3,4)/q3*+1;;;;/p-3. The summed E-state index contributed by atoms with van der Waals surface area (Å²) >= 11 is 9.00. The van der Waals surface area contributed by atoms with Crippen molar-refractivity contribution in [2.75, 3.05) is 0 Å². The second kappa shape index (κ2) is 22.6. The summed E-state index contributed by atoms with van der Waals surface area (Å²) in [5, 5.41) is 0. The van der Waals surface area contributed by atoms with E-state index in [0.717, 1.165) is 0 Å². The van der Waals surface area contributed by atoms with Crippen LogP contribution >= 0.6 is 7.82 Å². The third-order valence-corrected chi connectivity index (χ3v) is 0. The zero-order valence-corrected chi connectivity index (χ0v) is 9.47. The van der Waals surface area contributed by atoms with E-state index >= 15 is 0 Å². The zero-order chi connectivity index (χ0) is 10.5. The molecule has 7 nitrogen and oxygen atoms in total. The molecule has 9 N–H and O–H groups in total. The fraction of sp³-hybridized carbons (Fsp3) is 0. The van der Waals surface area contributed by atoms with E-state index in [1.807, 2.05) is 0 Å². The Balaban J connectivity index is -0.0000000350. The SMILES string of the molecule is O=P([O-])([O-])[O-].[NH3+][Fe].[NH3+][Fe].[NH3+][Fe]. The third kappa shape index (κ3) is 439. The Morgan fingerprint density at radius 3 is 0.818 bits per heavy atom. The Morgan fingerprint density at radius 1 is 0.818 bits per heavy atom. The van der Waals surface area contributed by atoms with Gasteiger partial charge in [-0.1, -0.05) is 0 Å². The van der Waals surface area contributed by atoms with Crippen molar-refractivity contribution < 1.29 is 82.2 Å². The van der Waals surface area contributed by atoms with E-state index in [-0.39, 0.29) is 0 Å². The molecule has 0 fully saturated rings. The van der Waals surface area contributed by atoms with Gasteiger partial charge in [-0.2, -0.15) is 7.82 Å². The molecule has 0 unspecified atom stereocenters. The van der Waals surface area contributed by atoms with Crippen LogP contribution in [0.4, 0.5) is 0 Å². The van der Waals surface area contributed by atoms with Gasteiger partial charge in [0.05, 0.1) is 0 Å². The van der Waals surface area contributed by atoms with E-state index in [9.17, 15) is 0 Å². The maximum atomic E-state index is 8.55. The van der Waals surface area contributed by atoms with Crippen LogP contribution in [0.1, 0.15) is 0 Å². The van der Waals surface area contributed by atoms with E-state index in [1.165, 1.54) is 0 Å². The molecule has 0 atom stereocenters. The molecule has 0 aliphatic carbocycles. The monoisotopic (exact) mass is 314 g/mol. The van der Waals surface area contributed by atoms with Gasteiger partial charge < -0.3 is 19.2 Å². The van der Waals surface area contributed by atoms with Gasteiger partial charge in [-0.3, -0.25) is 0 Å². The van der Waals surface area contributed by atoms with Crippen molar-refractivity contribution in [2.24, 2.45) is 0 Å². The minimum absolute atomic E-state index is 3.00. The number of rotatable bonds is 0. The Bertz CT molecular complexity index is 66.7. The van der Waals surface area contributed by atoms with Crippen molar-refractivity contribution >= 4 is 7.82 Å². The average molecular weight is 314 g/mol. The van der Waals surface area contributed by atoms with Crippen LogP contribution in [0.15, 0.2) is 0 Å². The fourth-order valence-electron chi connectivity index (χ4n) is 0. The average Bonchev–Trinajstić information content (AvgIpc) is 1.96. The van der Waals surface area contributed by atoms with E-state index in [1.54, 1.807) is 0 Å². The number of hydrogen-bond acceptors (Lipinski definition) is 4. The van der Waals surface area contributed by atoms with Gasteiger partial charge in [0.1, 0.15) is 0 Å². The molecular weight excluding hydrogens is 305 g/mol. The molecule has 0 aromatic carbocycles. The molecule has 0 radical (unpaired) electrons. The van der Waals surface area contributed by atoms with Gasteiger partial charge in [0.2, 0.25) is 0 Å². The molecule has 0 rings (SSSR count). The van der Waals surface area contributed by atoms with Crippen molar-refractivity contribution in [3.8, 4) is 0 Å². The molecule has 77 valence electrons. The number of phosphoric acid groups is 1. The van der Waals surface area contributed by atoms with Crippen LogP contribution in [0.5, 0.6) is 0 Å². The van der Waals surface area contributed by atoms with Gasteiger partial charge in [-0.25, -0.2) is 0 Å². The summed E-state index contributed by atoms with van der Waals surface area (Å²) in [5.74, 6) is 0. The van der Waals surface area contributed by atoms with E-state index < -0.39 is 7.82 Å². The molecule has 0 aliphatic heterocycles.